The molecule has 2 rings (SSSR count). The maximum atomic E-state index is 12.6. The van der Waals surface area contributed by atoms with Gasteiger partial charge in [-0.05, 0) is 43.9 Å². The van der Waals surface area contributed by atoms with Crippen molar-refractivity contribution < 1.29 is 4.79 Å². The van der Waals surface area contributed by atoms with Crippen molar-refractivity contribution in [2.24, 2.45) is 16.6 Å². The molecule has 1 fully saturated rings. The summed E-state index contributed by atoms with van der Waals surface area (Å²) in [6.45, 7) is 1.51. The average molecular weight is 305 g/mol. The molecule has 0 bridgehead atoms. The van der Waals surface area contributed by atoms with Crippen molar-refractivity contribution in [1.82, 2.24) is 5.32 Å². The van der Waals surface area contributed by atoms with E-state index >= 15 is 0 Å². The first-order chi connectivity index (χ1) is 10.8. The lowest BCUT2D eigenvalue weighted by atomic mass is 9.79. The van der Waals surface area contributed by atoms with Gasteiger partial charge in [-0.3, -0.25) is 9.79 Å². The lowest BCUT2D eigenvalue weighted by Gasteiger charge is -2.30. The van der Waals surface area contributed by atoms with Gasteiger partial charge in [0.1, 0.15) is 0 Å². The van der Waals surface area contributed by atoms with Crippen molar-refractivity contribution in [1.29, 1.82) is 0 Å². The van der Waals surface area contributed by atoms with Gasteiger partial charge in [0, 0.05) is 12.8 Å². The van der Waals surface area contributed by atoms with Crippen LogP contribution in [0.3, 0.4) is 0 Å². The topological polar surface area (TPSA) is 67.5 Å². The van der Waals surface area contributed by atoms with Crippen molar-refractivity contribution in [2.75, 3.05) is 13.1 Å². The van der Waals surface area contributed by atoms with Crippen LogP contribution in [0.5, 0.6) is 0 Å². The van der Waals surface area contributed by atoms with Crippen molar-refractivity contribution in [3.05, 3.63) is 12.2 Å². The smallest absolute Gasteiger partial charge is 0.251 e. The molecule has 0 aromatic heterocycles. The molecule has 1 aliphatic heterocycles. The molecule has 1 saturated carbocycles. The second-order valence-electron chi connectivity index (χ2n) is 6.73. The molecule has 1 atom stereocenters. The highest BCUT2D eigenvalue weighted by Gasteiger charge is 2.38. The number of nitrogens with two attached hydrogens (primary N) is 1. The Labute approximate surface area is 134 Å². The van der Waals surface area contributed by atoms with E-state index in [1.54, 1.807) is 6.21 Å². The molecule has 22 heavy (non-hydrogen) atoms. The van der Waals surface area contributed by atoms with E-state index in [0.717, 1.165) is 45.2 Å². The van der Waals surface area contributed by atoms with E-state index in [0.29, 0.717) is 5.92 Å². The highest BCUT2D eigenvalue weighted by molar-refractivity contribution is 5.94. The third kappa shape index (κ3) is 4.94. The number of unbranched alkanes of at least 4 members (excludes halogenated alkanes) is 3. The van der Waals surface area contributed by atoms with Gasteiger partial charge in [-0.15, -0.1) is 0 Å². The number of amides is 1. The number of allylic oxidation sites excluding steroid dienone is 1. The Bertz CT molecular complexity index is 385. The van der Waals surface area contributed by atoms with Crippen LogP contribution in [0, 0.1) is 5.92 Å². The Morgan fingerprint density at radius 3 is 2.64 bits per heavy atom. The van der Waals surface area contributed by atoms with Crippen LogP contribution in [0.2, 0.25) is 0 Å². The van der Waals surface area contributed by atoms with Gasteiger partial charge in [-0.25, -0.2) is 0 Å². The molecule has 1 unspecified atom stereocenters. The number of nitrogens with one attached hydrogen (secondary N) is 1. The third-order valence-electron chi connectivity index (χ3n) is 4.90. The van der Waals surface area contributed by atoms with Crippen molar-refractivity contribution in [3.8, 4) is 0 Å². The summed E-state index contributed by atoms with van der Waals surface area (Å²) in [5.41, 5.74) is 4.86. The third-order valence-corrected chi connectivity index (χ3v) is 4.90. The molecule has 4 heteroatoms. The molecule has 0 aromatic carbocycles. The van der Waals surface area contributed by atoms with Crippen molar-refractivity contribution in [3.63, 3.8) is 0 Å². The zero-order valence-electron chi connectivity index (χ0n) is 13.7. The van der Waals surface area contributed by atoms with Crippen LogP contribution in [-0.4, -0.2) is 30.8 Å². The number of hydrogen-bond donors (Lipinski definition) is 2. The number of carbonyl (C=O) groups excluding carboxylic acids is 1. The molecule has 1 heterocycles. The normalized spacial score (nSPS) is 24.8. The fourth-order valence-corrected chi connectivity index (χ4v) is 3.58. The molecule has 124 valence electrons. The van der Waals surface area contributed by atoms with Crippen LogP contribution in [0.1, 0.15) is 64.2 Å². The molecule has 2 aliphatic rings. The second-order valence-corrected chi connectivity index (χ2v) is 6.73. The van der Waals surface area contributed by atoms with E-state index in [4.69, 9.17) is 5.73 Å². The number of nitrogens with zero attached hydrogens (tertiary/aromatic N) is 1. The summed E-state index contributed by atoms with van der Waals surface area (Å²) >= 11 is 0. The van der Waals surface area contributed by atoms with Crippen LogP contribution < -0.4 is 11.1 Å². The number of carbonyl (C=O) groups is 1. The number of rotatable bonds is 9. The first kappa shape index (κ1) is 17.2. The minimum atomic E-state index is -0.626. The fraction of sp³-hybridized carbons (Fsp3) is 0.778. The summed E-state index contributed by atoms with van der Waals surface area (Å²) in [6, 6.07) is 0. The standard InChI is InChI=1S/C18H31N3O/c19-12-6-1-2-7-13-20-17(22)18(11-8-14-21-18)15-16-9-4-3-5-10-16/h8,11,14,16H,1-7,9-10,12-13,15,19H2,(H,20,22). The van der Waals surface area contributed by atoms with E-state index in [1.165, 1.54) is 32.1 Å². The van der Waals surface area contributed by atoms with Gasteiger partial charge in [-0.1, -0.05) is 44.9 Å². The molecule has 0 saturated heterocycles. The van der Waals surface area contributed by atoms with Crippen LogP contribution in [0.15, 0.2) is 17.1 Å². The zero-order chi connectivity index (χ0) is 15.7. The number of hydrogen-bond acceptors (Lipinski definition) is 3. The Balaban J connectivity index is 1.78. The van der Waals surface area contributed by atoms with Crippen molar-refractivity contribution >= 4 is 12.1 Å². The molecule has 0 aromatic rings. The second kappa shape index (κ2) is 9.09. The van der Waals surface area contributed by atoms with Gasteiger partial charge in [0.25, 0.3) is 5.91 Å². The van der Waals surface area contributed by atoms with E-state index in [1.807, 2.05) is 12.2 Å². The maximum Gasteiger partial charge on any atom is 0.251 e. The van der Waals surface area contributed by atoms with Crippen LogP contribution in [-0.2, 0) is 4.79 Å². The molecule has 4 nitrogen and oxygen atoms in total. The van der Waals surface area contributed by atoms with Gasteiger partial charge in [0.05, 0.1) is 0 Å². The fourth-order valence-electron chi connectivity index (χ4n) is 3.58. The number of aliphatic imine (C=N–C) groups is 1. The summed E-state index contributed by atoms with van der Waals surface area (Å²) in [4.78, 5) is 17.2. The molecule has 1 amide bonds. The van der Waals surface area contributed by atoms with Gasteiger partial charge >= 0.3 is 0 Å². The molecule has 0 spiro atoms. The Morgan fingerprint density at radius 2 is 1.95 bits per heavy atom. The van der Waals surface area contributed by atoms with Crippen LogP contribution >= 0.6 is 0 Å². The molecular weight excluding hydrogens is 274 g/mol. The summed E-state index contributed by atoms with van der Waals surface area (Å²) in [5.74, 6) is 0.728. The van der Waals surface area contributed by atoms with Gasteiger partial charge in [0.2, 0.25) is 0 Å². The molecule has 3 N–H and O–H groups in total. The minimum absolute atomic E-state index is 0.0851. The minimum Gasteiger partial charge on any atom is -0.354 e. The summed E-state index contributed by atoms with van der Waals surface area (Å²) in [5, 5.41) is 3.10. The Kier molecular flexibility index (Phi) is 7.10. The largest absolute Gasteiger partial charge is 0.354 e. The molecule has 1 aliphatic carbocycles. The predicted molar refractivity (Wildman–Crippen MR) is 92.1 cm³/mol. The first-order valence-corrected chi connectivity index (χ1v) is 8.98. The molecular formula is C18H31N3O. The average Bonchev–Trinajstić information content (AvgIpc) is 3.01. The highest BCUT2D eigenvalue weighted by Crippen LogP contribution is 2.34. The van der Waals surface area contributed by atoms with E-state index < -0.39 is 5.54 Å². The van der Waals surface area contributed by atoms with Gasteiger partial charge in [-0.2, -0.15) is 0 Å². The van der Waals surface area contributed by atoms with E-state index in [-0.39, 0.29) is 5.91 Å². The van der Waals surface area contributed by atoms with Gasteiger partial charge in [0.15, 0.2) is 5.54 Å². The lowest BCUT2D eigenvalue weighted by Crippen LogP contribution is -2.45. The van der Waals surface area contributed by atoms with Crippen LogP contribution in [0.25, 0.3) is 0 Å². The quantitative estimate of drug-likeness (QED) is 0.643. The SMILES string of the molecule is NCCCCCCNC(=O)C1(CC2CCCCC2)C=CC=N1. The lowest BCUT2D eigenvalue weighted by molar-refractivity contribution is -0.125. The zero-order valence-corrected chi connectivity index (χ0v) is 13.7. The Morgan fingerprint density at radius 1 is 1.18 bits per heavy atom. The first-order valence-electron chi connectivity index (χ1n) is 8.98. The Hall–Kier alpha value is -1.16. The predicted octanol–water partition coefficient (Wildman–Crippen LogP) is 2.97. The monoisotopic (exact) mass is 305 g/mol. The highest BCUT2D eigenvalue weighted by atomic mass is 16.2. The maximum absolute atomic E-state index is 12.6. The van der Waals surface area contributed by atoms with E-state index in [9.17, 15) is 4.79 Å². The summed E-state index contributed by atoms with van der Waals surface area (Å²) < 4.78 is 0. The van der Waals surface area contributed by atoms with Crippen molar-refractivity contribution in [2.45, 2.75) is 69.7 Å². The van der Waals surface area contributed by atoms with Crippen LogP contribution in [0.4, 0.5) is 0 Å². The molecule has 0 radical (unpaired) electrons. The van der Waals surface area contributed by atoms with E-state index in [2.05, 4.69) is 10.3 Å². The van der Waals surface area contributed by atoms with Gasteiger partial charge < -0.3 is 11.1 Å². The summed E-state index contributed by atoms with van der Waals surface area (Å²) in [7, 11) is 0. The summed E-state index contributed by atoms with van der Waals surface area (Å²) in [6.07, 6.45) is 17.4.